The molecule has 3 aromatic carbocycles. The summed E-state index contributed by atoms with van der Waals surface area (Å²) in [5.41, 5.74) is 16.6. The largest absolute Gasteiger partial charge is 0.508 e. The Kier molecular flexibility index (Phi) is 39.5. The third-order valence-electron chi connectivity index (χ3n) is 20.2. The van der Waals surface area contributed by atoms with Crippen LogP contribution in [-0.4, -0.2) is 276 Å². The first-order valence-corrected chi connectivity index (χ1v) is 41.4. The van der Waals surface area contributed by atoms with Gasteiger partial charge in [-0.2, -0.15) is 5.10 Å². The predicted octanol–water partition coefficient (Wildman–Crippen LogP) is -0.838. The normalized spacial score (nSPS) is 14.2. The zero-order valence-electron chi connectivity index (χ0n) is 70.3. The second-order valence-corrected chi connectivity index (χ2v) is 30.4. The topological polar surface area (TPSA) is 616 Å². The van der Waals surface area contributed by atoms with Crippen LogP contribution in [0.25, 0.3) is 10.9 Å². The van der Waals surface area contributed by atoms with Gasteiger partial charge in [-0.1, -0.05) is 49.4 Å². The summed E-state index contributed by atoms with van der Waals surface area (Å²) in [5, 5.41) is 79.6. The number of aliphatic carboxylic acids is 1. The fraction of sp³-hybridized carbons (Fsp3) is 0.506. The number of aryl methyl sites for hydroxylation is 3. The summed E-state index contributed by atoms with van der Waals surface area (Å²) in [5.74, 6) is -11.5. The van der Waals surface area contributed by atoms with Crippen molar-refractivity contribution in [3.63, 3.8) is 0 Å². The fourth-order valence-corrected chi connectivity index (χ4v) is 13.7. The lowest BCUT2D eigenvalue weighted by atomic mass is 10.0. The molecule has 4 aromatic heterocycles. The molecule has 1 saturated heterocycles. The first kappa shape index (κ1) is 97.5. The quantitative estimate of drug-likeness (QED) is 0.0207. The van der Waals surface area contributed by atoms with Gasteiger partial charge in [0.15, 0.2) is 0 Å². The molecule has 7 aromatic rings. The van der Waals surface area contributed by atoms with E-state index in [0.29, 0.717) is 79.0 Å². The number of para-hydroxylation sites is 1. The highest BCUT2D eigenvalue weighted by Crippen LogP contribution is 2.26. The highest BCUT2D eigenvalue weighted by molar-refractivity contribution is 5.99. The highest BCUT2D eigenvalue weighted by Gasteiger charge is 2.40. The molecule has 0 spiro atoms. The lowest BCUT2D eigenvalue weighted by Gasteiger charge is -2.30. The Morgan fingerprint density at radius 2 is 1.25 bits per heavy atom. The Labute approximate surface area is 720 Å². The molecule has 8 rings (SSSR count). The second kappa shape index (κ2) is 50.6. The van der Waals surface area contributed by atoms with Crippen LogP contribution in [0.1, 0.15) is 128 Å². The molecule has 8 unspecified atom stereocenters. The van der Waals surface area contributed by atoms with Gasteiger partial charge in [-0.05, 0) is 138 Å². The lowest BCUT2D eigenvalue weighted by molar-refractivity contribution is -0.142. The number of phenolic OH excluding ortho intramolecular Hbond substituents is 1. The van der Waals surface area contributed by atoms with E-state index in [4.69, 9.17) is 35.2 Å². The van der Waals surface area contributed by atoms with E-state index in [9.17, 15) is 82.8 Å². The Hall–Kier alpha value is -12.9. The van der Waals surface area contributed by atoms with Gasteiger partial charge in [0.25, 0.3) is 0 Å². The first-order valence-electron chi connectivity index (χ1n) is 41.4. The number of phenols is 1. The molecule has 0 aliphatic carbocycles. The predicted molar refractivity (Wildman–Crippen MR) is 447 cm³/mol. The van der Waals surface area contributed by atoms with Gasteiger partial charge in [-0.25, -0.2) is 14.5 Å². The van der Waals surface area contributed by atoms with Crippen LogP contribution in [0.4, 0.5) is 0 Å². The van der Waals surface area contributed by atoms with Gasteiger partial charge in [0.1, 0.15) is 65.6 Å². The summed E-state index contributed by atoms with van der Waals surface area (Å²) < 4.78 is 30.4. The molecule has 125 heavy (non-hydrogen) atoms. The molecule has 5 heterocycles. The molecule has 20 N–H and O–H groups in total. The number of nitrogens with one attached hydrogen (secondary N) is 12. The highest BCUT2D eigenvalue weighted by atomic mass is 16.5. The second-order valence-electron chi connectivity index (χ2n) is 30.4. The van der Waals surface area contributed by atoms with Crippen molar-refractivity contribution in [1.29, 1.82) is 0 Å². The zero-order chi connectivity index (χ0) is 90.3. The smallest absolute Gasteiger partial charge is 0.335 e. The third kappa shape index (κ3) is 32.7. The van der Waals surface area contributed by atoms with Gasteiger partial charge in [0.2, 0.25) is 65.0 Å². The van der Waals surface area contributed by atoms with E-state index in [0.717, 1.165) is 29.1 Å². The van der Waals surface area contributed by atoms with Crippen LogP contribution < -0.4 is 68.8 Å². The maximum absolute atomic E-state index is 14.8. The molecule has 0 saturated carbocycles. The SMILES string of the molecule is Cc1n[nH]c(C)c1CCCOc1cc(OCCCc2cn(CCOCCOCCOCCC(=O)NC(CCC(=O)O)C(=O)NC(Cc3c[nH]cn3)C(=O)NC(Cc3c[nH]c4ccccc34)C(=O)NC(CO)C(=O)NC(Cc3ccc(O)cc3)C(=O)NCC(=O)NC(CC(C)C)C(=O)NC(CCCN)C(=O)N3CCCC3C(=O)NCC(N)=O)nn2)cc(C(=O)O)c1. The number of carbonyl (C=O) groups excluding carboxylic acids is 11. The third-order valence-corrected chi connectivity index (χ3v) is 20.2. The number of amides is 11. The number of carbonyl (C=O) groups is 13. The van der Waals surface area contributed by atoms with Gasteiger partial charge < -0.3 is 118 Å². The number of carboxylic acid groups (broad SMARTS) is 2. The molecular formula is C83H114N20O22. The molecule has 42 nitrogen and oxygen atoms in total. The number of hydrogen-bond acceptors (Lipinski definition) is 25. The molecule has 11 amide bonds. The van der Waals surface area contributed by atoms with Crippen LogP contribution in [0.15, 0.2) is 91.6 Å². The van der Waals surface area contributed by atoms with Crippen LogP contribution in [0.3, 0.4) is 0 Å². The van der Waals surface area contributed by atoms with Crippen molar-refractivity contribution in [3.05, 3.63) is 137 Å². The minimum atomic E-state index is -1.85. The number of nitrogens with two attached hydrogens (primary N) is 2. The summed E-state index contributed by atoms with van der Waals surface area (Å²) in [4.78, 5) is 188. The average molecular weight is 1740 g/mol. The molecule has 1 fully saturated rings. The number of aromatic carboxylic acids is 1. The number of rotatable bonds is 57. The Morgan fingerprint density at radius 3 is 1.89 bits per heavy atom. The van der Waals surface area contributed by atoms with E-state index in [-0.39, 0.29) is 127 Å². The fourth-order valence-electron chi connectivity index (χ4n) is 13.7. The van der Waals surface area contributed by atoms with Crippen molar-refractivity contribution < 1.29 is 106 Å². The molecule has 1 aliphatic rings. The van der Waals surface area contributed by atoms with Crippen LogP contribution in [0.2, 0.25) is 0 Å². The zero-order valence-corrected chi connectivity index (χ0v) is 70.3. The van der Waals surface area contributed by atoms with Crippen LogP contribution >= 0.6 is 0 Å². The number of aromatic nitrogens is 8. The number of likely N-dealkylation sites (tertiary alicyclic amines) is 1. The first-order chi connectivity index (χ1) is 60.0. The number of hydrogen-bond donors (Lipinski definition) is 18. The average Bonchev–Trinajstić information content (AvgIpc) is 1.71. The number of aromatic hydroxyl groups is 1. The molecule has 678 valence electrons. The van der Waals surface area contributed by atoms with Gasteiger partial charge in [0, 0.05) is 79.9 Å². The summed E-state index contributed by atoms with van der Waals surface area (Å²) in [6.07, 6.45) is 7.62. The van der Waals surface area contributed by atoms with Gasteiger partial charge in [0.05, 0.1) is 108 Å². The van der Waals surface area contributed by atoms with Crippen molar-refractivity contribution in [3.8, 4) is 17.2 Å². The van der Waals surface area contributed by atoms with Gasteiger partial charge in [-0.15, -0.1) is 5.10 Å². The van der Waals surface area contributed by atoms with Crippen molar-refractivity contribution in [2.75, 3.05) is 85.6 Å². The summed E-state index contributed by atoms with van der Waals surface area (Å²) >= 11 is 0. The number of H-pyrrole nitrogens is 3. The number of nitrogens with zero attached hydrogens (tertiary/aromatic N) is 6. The van der Waals surface area contributed by atoms with Crippen molar-refractivity contribution >= 4 is 87.8 Å². The minimum Gasteiger partial charge on any atom is -0.508 e. The monoisotopic (exact) mass is 1740 g/mol. The lowest BCUT2D eigenvalue weighted by Crippen LogP contribution is -2.61. The van der Waals surface area contributed by atoms with Gasteiger partial charge in [-0.3, -0.25) is 62.6 Å². The number of carboxylic acids is 2. The van der Waals surface area contributed by atoms with Crippen LogP contribution in [0, 0.1) is 19.8 Å². The Balaban J connectivity index is 0.816. The molecule has 1 aliphatic heterocycles. The van der Waals surface area contributed by atoms with E-state index < -0.39 is 158 Å². The van der Waals surface area contributed by atoms with E-state index in [1.165, 1.54) is 53.8 Å². The molecule has 42 heteroatoms. The Bertz CT molecular complexity index is 4710. The molecule has 8 atom stereocenters. The standard InChI is InChI=1S/C83H114N20O22/c1-49(2)35-65(77(113)93-64(15-7-24-84)82(118)103-25-8-16-70(103)81(117)88-44-71(85)106)92-73(108)45-89-75(111)66(36-52-17-19-57(105)20-18-52)94-80(116)69(47-104)97-78(114)67(39-54-42-87-62-14-6-5-12-61(54)62)95-79(115)68(40-56-43-86-48-90-56)96-76(112)63(21-22-74(109)110)91-72(107)23-29-121-31-33-123-34-32-122-30-26-102-46-55(100-101-102)11-9-27-124-58-37-53(83(119)120)38-59(41-58)125-28-10-13-60-50(3)98-99-51(60)4/h5-6,12,14,17-20,37-38,41-43,46,48-49,63-70,87,104-105H,7-11,13,15-16,21-36,39-40,44-45,47,84H2,1-4H3,(H2,85,106)(H,86,90)(H,88,117)(H,89,111)(H,91,107)(H,92,108)(H,93,113)(H,94,116)(H,95,115)(H,96,112)(H,97,114)(H,98,99)(H,109,110)(H,119,120). The maximum Gasteiger partial charge on any atom is 0.335 e. The van der Waals surface area contributed by atoms with Crippen molar-refractivity contribution in [2.45, 2.75) is 179 Å². The van der Waals surface area contributed by atoms with E-state index in [1.807, 2.05) is 13.8 Å². The number of aromatic amines is 3. The molecule has 0 radical (unpaired) electrons. The van der Waals surface area contributed by atoms with Gasteiger partial charge >= 0.3 is 11.9 Å². The van der Waals surface area contributed by atoms with E-state index in [1.54, 1.807) is 61.3 Å². The molecule has 0 bridgehead atoms. The summed E-state index contributed by atoms with van der Waals surface area (Å²) in [7, 11) is 0. The number of aliphatic hydroxyl groups excluding tert-OH is 1. The van der Waals surface area contributed by atoms with Crippen LogP contribution in [0.5, 0.6) is 17.2 Å². The number of benzene rings is 3. The van der Waals surface area contributed by atoms with E-state index in [2.05, 4.69) is 83.3 Å². The summed E-state index contributed by atoms with van der Waals surface area (Å²) in [6, 6.07) is 5.54. The number of fused-ring (bicyclic) bond motifs is 1. The summed E-state index contributed by atoms with van der Waals surface area (Å²) in [6.45, 7) is 7.34. The number of primary amides is 1. The van der Waals surface area contributed by atoms with Crippen molar-refractivity contribution in [1.82, 2.24) is 92.9 Å². The number of aliphatic hydroxyl groups is 1. The number of ether oxygens (including phenoxy) is 5. The number of imidazole rings is 1. The molecular weight excluding hydrogens is 1630 g/mol. The maximum atomic E-state index is 14.8. The Morgan fingerprint density at radius 1 is 0.624 bits per heavy atom. The van der Waals surface area contributed by atoms with Crippen LogP contribution in [-0.2, 0) is 110 Å². The van der Waals surface area contributed by atoms with Crippen molar-refractivity contribution in [2.24, 2.45) is 17.4 Å². The van der Waals surface area contributed by atoms with E-state index >= 15 is 0 Å². The minimum absolute atomic E-state index is 0.0435.